The third-order valence-corrected chi connectivity index (χ3v) is 4.87. The molecule has 0 bridgehead atoms. The number of carbonyl (C=O) groups excluding carboxylic acids is 2. The van der Waals surface area contributed by atoms with Gasteiger partial charge in [-0.1, -0.05) is 0 Å². The maximum Gasteiger partial charge on any atom is 0.325 e. The SMILES string of the molecule is Cc1nccn1CCNC(=O)CN1CCN(c2ccc3c(c2)OCCO3)C1=O. The molecule has 0 unspecified atom stereocenters. The van der Waals surface area contributed by atoms with Gasteiger partial charge in [-0.3, -0.25) is 9.69 Å². The third-order valence-electron chi connectivity index (χ3n) is 4.87. The van der Waals surface area contributed by atoms with Crippen molar-refractivity contribution in [2.75, 3.05) is 44.3 Å². The van der Waals surface area contributed by atoms with Gasteiger partial charge in [-0.05, 0) is 19.1 Å². The van der Waals surface area contributed by atoms with Gasteiger partial charge in [0.25, 0.3) is 0 Å². The molecule has 3 heterocycles. The van der Waals surface area contributed by atoms with Gasteiger partial charge < -0.3 is 24.3 Å². The Morgan fingerprint density at radius 3 is 2.82 bits per heavy atom. The van der Waals surface area contributed by atoms with Crippen LogP contribution < -0.4 is 19.7 Å². The van der Waals surface area contributed by atoms with Crippen LogP contribution in [0.15, 0.2) is 30.6 Å². The van der Waals surface area contributed by atoms with Crippen molar-refractivity contribution < 1.29 is 19.1 Å². The average molecular weight is 385 g/mol. The molecule has 1 N–H and O–H groups in total. The highest BCUT2D eigenvalue weighted by molar-refractivity contribution is 5.96. The van der Waals surface area contributed by atoms with Gasteiger partial charge in [0, 0.05) is 50.3 Å². The Labute approximate surface area is 162 Å². The van der Waals surface area contributed by atoms with Crippen LogP contribution in [0, 0.1) is 6.92 Å². The number of ether oxygens (including phenoxy) is 2. The number of anilines is 1. The first-order valence-electron chi connectivity index (χ1n) is 9.32. The number of amides is 3. The Bertz CT molecular complexity index is 881. The molecule has 3 amide bonds. The Morgan fingerprint density at radius 2 is 2.04 bits per heavy atom. The molecular weight excluding hydrogens is 362 g/mol. The van der Waals surface area contributed by atoms with E-state index in [-0.39, 0.29) is 18.5 Å². The number of aromatic nitrogens is 2. The van der Waals surface area contributed by atoms with Crippen LogP contribution in [-0.4, -0.2) is 65.8 Å². The molecule has 28 heavy (non-hydrogen) atoms. The summed E-state index contributed by atoms with van der Waals surface area (Å²) in [6.45, 7) is 5.15. The van der Waals surface area contributed by atoms with Crippen molar-refractivity contribution >= 4 is 17.6 Å². The fourth-order valence-electron chi connectivity index (χ4n) is 3.35. The van der Waals surface area contributed by atoms with Gasteiger partial charge in [-0.2, -0.15) is 0 Å². The molecule has 2 aliphatic rings. The van der Waals surface area contributed by atoms with Crippen molar-refractivity contribution in [3.8, 4) is 11.5 Å². The molecule has 1 saturated heterocycles. The second-order valence-corrected chi connectivity index (χ2v) is 6.70. The highest BCUT2D eigenvalue weighted by Gasteiger charge is 2.31. The van der Waals surface area contributed by atoms with Crippen molar-refractivity contribution in [2.45, 2.75) is 13.5 Å². The second kappa shape index (κ2) is 7.79. The molecule has 1 fully saturated rings. The number of nitrogens with one attached hydrogen (secondary N) is 1. The summed E-state index contributed by atoms with van der Waals surface area (Å²) in [7, 11) is 0. The summed E-state index contributed by atoms with van der Waals surface area (Å²) < 4.78 is 13.1. The zero-order valence-electron chi connectivity index (χ0n) is 15.8. The number of benzene rings is 1. The standard InChI is InChI=1S/C19H23N5O4/c1-14-20-4-6-22(14)7-5-21-18(25)13-23-8-9-24(19(23)26)15-2-3-16-17(12-15)28-11-10-27-16/h2-4,6,12H,5,7-11,13H2,1H3,(H,21,25). The van der Waals surface area contributed by atoms with E-state index in [0.29, 0.717) is 50.9 Å². The van der Waals surface area contributed by atoms with Gasteiger partial charge in [0.1, 0.15) is 25.6 Å². The number of hydrogen-bond donors (Lipinski definition) is 1. The number of nitrogens with zero attached hydrogens (tertiary/aromatic N) is 4. The van der Waals surface area contributed by atoms with Crippen LogP contribution in [-0.2, 0) is 11.3 Å². The summed E-state index contributed by atoms with van der Waals surface area (Å²) in [5.41, 5.74) is 0.743. The Hall–Kier alpha value is -3.23. The molecule has 148 valence electrons. The van der Waals surface area contributed by atoms with Crippen LogP contribution in [0.3, 0.4) is 0 Å². The number of fused-ring (bicyclic) bond motifs is 1. The smallest absolute Gasteiger partial charge is 0.325 e. The van der Waals surface area contributed by atoms with Crippen molar-refractivity contribution in [2.24, 2.45) is 0 Å². The first-order valence-corrected chi connectivity index (χ1v) is 9.32. The van der Waals surface area contributed by atoms with E-state index in [9.17, 15) is 9.59 Å². The van der Waals surface area contributed by atoms with Crippen LogP contribution in [0.1, 0.15) is 5.82 Å². The monoisotopic (exact) mass is 385 g/mol. The normalized spacial score (nSPS) is 15.8. The van der Waals surface area contributed by atoms with E-state index in [2.05, 4.69) is 10.3 Å². The molecule has 0 atom stereocenters. The van der Waals surface area contributed by atoms with E-state index < -0.39 is 0 Å². The van der Waals surface area contributed by atoms with Crippen molar-refractivity contribution in [1.82, 2.24) is 19.8 Å². The van der Waals surface area contributed by atoms with Crippen LogP contribution in [0.25, 0.3) is 0 Å². The van der Waals surface area contributed by atoms with E-state index >= 15 is 0 Å². The first-order chi connectivity index (χ1) is 13.6. The van der Waals surface area contributed by atoms with Crippen LogP contribution >= 0.6 is 0 Å². The van der Waals surface area contributed by atoms with Gasteiger partial charge in [0.15, 0.2) is 11.5 Å². The summed E-state index contributed by atoms with van der Waals surface area (Å²) >= 11 is 0. The lowest BCUT2D eigenvalue weighted by Crippen LogP contribution is -2.40. The fraction of sp³-hybridized carbons (Fsp3) is 0.421. The van der Waals surface area contributed by atoms with E-state index in [1.165, 1.54) is 0 Å². The van der Waals surface area contributed by atoms with Crippen LogP contribution in [0.2, 0.25) is 0 Å². The number of urea groups is 1. The molecule has 9 heteroatoms. The maximum absolute atomic E-state index is 12.7. The summed E-state index contributed by atoms with van der Waals surface area (Å²) in [5.74, 6) is 2.06. The molecular formula is C19H23N5O4. The zero-order valence-corrected chi connectivity index (χ0v) is 15.8. The topological polar surface area (TPSA) is 88.9 Å². The Kier molecular flexibility index (Phi) is 5.05. The summed E-state index contributed by atoms with van der Waals surface area (Å²) in [5, 5.41) is 2.85. The largest absolute Gasteiger partial charge is 0.486 e. The van der Waals surface area contributed by atoms with Crippen molar-refractivity contribution in [3.63, 3.8) is 0 Å². The molecule has 4 rings (SSSR count). The van der Waals surface area contributed by atoms with E-state index in [1.807, 2.05) is 35.9 Å². The number of hydrogen-bond acceptors (Lipinski definition) is 5. The molecule has 0 radical (unpaired) electrons. The van der Waals surface area contributed by atoms with Crippen LogP contribution in [0.4, 0.5) is 10.5 Å². The summed E-state index contributed by atoms with van der Waals surface area (Å²) in [4.78, 5) is 32.3. The second-order valence-electron chi connectivity index (χ2n) is 6.70. The predicted octanol–water partition coefficient (Wildman–Crippen LogP) is 1.02. The number of rotatable bonds is 6. The lowest BCUT2D eigenvalue weighted by molar-refractivity contribution is -0.121. The van der Waals surface area contributed by atoms with Gasteiger partial charge in [-0.25, -0.2) is 9.78 Å². The van der Waals surface area contributed by atoms with Gasteiger partial charge in [0.05, 0.1) is 0 Å². The number of aryl methyl sites for hydroxylation is 1. The fourth-order valence-corrected chi connectivity index (χ4v) is 3.35. The molecule has 0 aliphatic carbocycles. The van der Waals surface area contributed by atoms with E-state index in [4.69, 9.17) is 9.47 Å². The average Bonchev–Trinajstić information content (AvgIpc) is 3.27. The quantitative estimate of drug-likeness (QED) is 0.802. The minimum Gasteiger partial charge on any atom is -0.486 e. The lowest BCUT2D eigenvalue weighted by atomic mass is 10.2. The Balaban J connectivity index is 1.30. The lowest BCUT2D eigenvalue weighted by Gasteiger charge is -2.22. The van der Waals surface area contributed by atoms with E-state index in [0.717, 1.165) is 11.5 Å². The highest BCUT2D eigenvalue weighted by Crippen LogP contribution is 2.34. The van der Waals surface area contributed by atoms with Gasteiger partial charge >= 0.3 is 6.03 Å². The summed E-state index contributed by atoms with van der Waals surface area (Å²) in [6, 6.07) is 5.27. The first kappa shape index (κ1) is 18.1. The molecule has 9 nitrogen and oxygen atoms in total. The van der Waals surface area contributed by atoms with Crippen molar-refractivity contribution in [1.29, 1.82) is 0 Å². The van der Waals surface area contributed by atoms with Crippen LogP contribution in [0.5, 0.6) is 11.5 Å². The minimum absolute atomic E-state index is 0.0444. The van der Waals surface area contributed by atoms with Crippen molar-refractivity contribution in [3.05, 3.63) is 36.4 Å². The predicted molar refractivity (Wildman–Crippen MR) is 102 cm³/mol. The molecule has 2 aromatic rings. The number of imidazole rings is 1. The molecule has 0 saturated carbocycles. The molecule has 1 aromatic carbocycles. The zero-order chi connectivity index (χ0) is 19.5. The third kappa shape index (κ3) is 3.73. The van der Waals surface area contributed by atoms with E-state index in [1.54, 1.807) is 16.0 Å². The maximum atomic E-state index is 12.7. The highest BCUT2D eigenvalue weighted by atomic mass is 16.6. The molecule has 1 aromatic heterocycles. The Morgan fingerprint density at radius 1 is 1.21 bits per heavy atom. The summed E-state index contributed by atoms with van der Waals surface area (Å²) in [6.07, 6.45) is 3.60. The minimum atomic E-state index is -0.183. The molecule has 0 spiro atoms. The van der Waals surface area contributed by atoms with Gasteiger partial charge in [0.2, 0.25) is 5.91 Å². The van der Waals surface area contributed by atoms with Gasteiger partial charge in [-0.15, -0.1) is 0 Å². The number of carbonyl (C=O) groups is 2. The molecule has 2 aliphatic heterocycles.